The van der Waals surface area contributed by atoms with Crippen molar-refractivity contribution in [1.29, 1.82) is 0 Å². The van der Waals surface area contributed by atoms with Gasteiger partial charge >= 0.3 is 0 Å². The number of hydrogen-bond acceptors (Lipinski definition) is 3. The van der Waals surface area contributed by atoms with Crippen LogP contribution in [0.5, 0.6) is 0 Å². The van der Waals surface area contributed by atoms with Gasteiger partial charge in [0.05, 0.1) is 11.0 Å². The summed E-state index contributed by atoms with van der Waals surface area (Å²) in [4.78, 5) is 20.6. The summed E-state index contributed by atoms with van der Waals surface area (Å²) in [5.41, 5.74) is 2.21. The number of carbonyl (C=O) groups excluding carboxylic acids is 1. The second kappa shape index (κ2) is 12.6. The second-order valence-electron chi connectivity index (χ2n) is 6.71. The van der Waals surface area contributed by atoms with Crippen molar-refractivity contribution in [3.8, 4) is 0 Å². The zero-order valence-corrected chi connectivity index (χ0v) is 19.6. The highest BCUT2D eigenvalue weighted by Crippen LogP contribution is 2.15. The molecule has 1 aromatic carbocycles. The molecule has 0 saturated heterocycles. The fourth-order valence-corrected chi connectivity index (χ4v) is 2.89. The number of aryl methyl sites for hydroxylation is 2. The van der Waals surface area contributed by atoms with E-state index in [1.54, 1.807) is 7.05 Å². The van der Waals surface area contributed by atoms with Crippen LogP contribution in [-0.2, 0) is 11.3 Å². The van der Waals surface area contributed by atoms with Crippen LogP contribution < -0.4 is 16.0 Å². The Hall–Kier alpha value is -1.84. The molecule has 2 rings (SSSR count). The van der Waals surface area contributed by atoms with Gasteiger partial charge in [0.15, 0.2) is 5.96 Å². The third kappa shape index (κ3) is 7.29. The molecule has 7 nitrogen and oxygen atoms in total. The quantitative estimate of drug-likeness (QED) is 0.214. The van der Waals surface area contributed by atoms with Crippen LogP contribution in [0.25, 0.3) is 11.0 Å². The number of fused-ring (bicyclic) bond motifs is 1. The summed E-state index contributed by atoms with van der Waals surface area (Å²) in [7, 11) is 1.74. The first-order valence-electron chi connectivity index (χ1n) is 9.70. The lowest BCUT2D eigenvalue weighted by Crippen LogP contribution is -2.40. The molecule has 156 valence electrons. The standard InChI is InChI=1S/C20H32N6O.HI/c1-5-15(2)24-19(27)11-13-23-20(21-4)22-12-8-14-26-16(3)25-17-9-6-7-10-18(17)26;/h6-7,9-10,15H,5,8,11-14H2,1-4H3,(H,24,27)(H2,21,22,23);1H. The Morgan fingerprint density at radius 2 is 1.96 bits per heavy atom. The van der Waals surface area contributed by atoms with E-state index in [9.17, 15) is 4.79 Å². The molecule has 0 saturated carbocycles. The van der Waals surface area contributed by atoms with Gasteiger partial charge in [-0.05, 0) is 38.8 Å². The molecule has 3 N–H and O–H groups in total. The van der Waals surface area contributed by atoms with Gasteiger partial charge in [0, 0.05) is 39.1 Å². The van der Waals surface area contributed by atoms with Crippen molar-refractivity contribution in [2.75, 3.05) is 20.1 Å². The monoisotopic (exact) mass is 500 g/mol. The summed E-state index contributed by atoms with van der Waals surface area (Å²) in [6, 6.07) is 8.42. The van der Waals surface area contributed by atoms with Gasteiger partial charge in [0.2, 0.25) is 5.91 Å². The Bertz CT molecular complexity index is 773. The number of benzene rings is 1. The highest BCUT2D eigenvalue weighted by Gasteiger charge is 2.07. The Labute approximate surface area is 184 Å². The van der Waals surface area contributed by atoms with Gasteiger partial charge in [-0.2, -0.15) is 0 Å². The van der Waals surface area contributed by atoms with Crippen molar-refractivity contribution < 1.29 is 4.79 Å². The number of hydrogen-bond donors (Lipinski definition) is 3. The van der Waals surface area contributed by atoms with Crippen molar-refractivity contribution in [2.45, 2.75) is 52.6 Å². The molecule has 0 fully saturated rings. The van der Waals surface area contributed by atoms with Crippen LogP contribution in [0, 0.1) is 6.92 Å². The second-order valence-corrected chi connectivity index (χ2v) is 6.71. The van der Waals surface area contributed by atoms with Crippen LogP contribution in [-0.4, -0.2) is 47.6 Å². The molecule has 0 aliphatic carbocycles. The summed E-state index contributed by atoms with van der Waals surface area (Å²) in [6.07, 6.45) is 2.33. The minimum absolute atomic E-state index is 0. The number of aliphatic imine (C=N–C) groups is 1. The lowest BCUT2D eigenvalue weighted by molar-refractivity contribution is -0.121. The van der Waals surface area contributed by atoms with E-state index in [4.69, 9.17) is 0 Å². The number of aromatic nitrogens is 2. The largest absolute Gasteiger partial charge is 0.356 e. The predicted octanol–water partition coefficient (Wildman–Crippen LogP) is 2.82. The van der Waals surface area contributed by atoms with E-state index in [2.05, 4.69) is 43.5 Å². The Morgan fingerprint density at radius 3 is 2.68 bits per heavy atom. The van der Waals surface area contributed by atoms with Gasteiger partial charge in [-0.1, -0.05) is 19.1 Å². The van der Waals surface area contributed by atoms with Gasteiger partial charge in [0.25, 0.3) is 0 Å². The zero-order chi connectivity index (χ0) is 19.6. The fraction of sp³-hybridized carbons (Fsp3) is 0.550. The van der Waals surface area contributed by atoms with Crippen LogP contribution in [0.4, 0.5) is 0 Å². The van der Waals surface area contributed by atoms with E-state index in [0.29, 0.717) is 13.0 Å². The van der Waals surface area contributed by atoms with Crippen LogP contribution in [0.15, 0.2) is 29.3 Å². The van der Waals surface area contributed by atoms with Crippen molar-refractivity contribution in [1.82, 2.24) is 25.5 Å². The highest BCUT2D eigenvalue weighted by molar-refractivity contribution is 14.0. The summed E-state index contributed by atoms with van der Waals surface area (Å²) in [5, 5.41) is 9.44. The highest BCUT2D eigenvalue weighted by atomic mass is 127. The maximum absolute atomic E-state index is 11.8. The van der Waals surface area contributed by atoms with Crippen molar-refractivity contribution in [3.63, 3.8) is 0 Å². The number of nitrogens with zero attached hydrogens (tertiary/aromatic N) is 3. The summed E-state index contributed by atoms with van der Waals surface area (Å²) < 4.78 is 2.24. The molecule has 0 bridgehead atoms. The molecule has 0 aliphatic rings. The topological polar surface area (TPSA) is 83.3 Å². The zero-order valence-electron chi connectivity index (χ0n) is 17.3. The molecule has 28 heavy (non-hydrogen) atoms. The first kappa shape index (κ1) is 24.2. The fourth-order valence-electron chi connectivity index (χ4n) is 2.89. The third-order valence-corrected chi connectivity index (χ3v) is 4.58. The Kier molecular flexibility index (Phi) is 10.9. The number of guanidine groups is 1. The maximum atomic E-state index is 11.8. The summed E-state index contributed by atoms with van der Waals surface area (Å²) in [5.74, 6) is 1.82. The molecule has 1 aromatic heterocycles. The van der Waals surface area contributed by atoms with Crippen LogP contribution >= 0.6 is 24.0 Å². The summed E-state index contributed by atoms with van der Waals surface area (Å²) >= 11 is 0. The number of rotatable bonds is 9. The van der Waals surface area contributed by atoms with Crippen molar-refractivity contribution >= 4 is 46.9 Å². The van der Waals surface area contributed by atoms with Gasteiger partial charge in [-0.15, -0.1) is 24.0 Å². The minimum Gasteiger partial charge on any atom is -0.356 e. The van der Waals surface area contributed by atoms with Gasteiger partial charge < -0.3 is 20.5 Å². The van der Waals surface area contributed by atoms with Crippen molar-refractivity contribution in [3.05, 3.63) is 30.1 Å². The van der Waals surface area contributed by atoms with Gasteiger partial charge in [-0.3, -0.25) is 9.79 Å². The number of carbonyl (C=O) groups is 1. The third-order valence-electron chi connectivity index (χ3n) is 4.58. The smallest absolute Gasteiger partial charge is 0.221 e. The number of imidazole rings is 1. The molecule has 1 heterocycles. The number of halogens is 1. The predicted molar refractivity (Wildman–Crippen MR) is 126 cm³/mol. The first-order valence-corrected chi connectivity index (χ1v) is 9.70. The van der Waals surface area contributed by atoms with E-state index >= 15 is 0 Å². The molecule has 1 atom stereocenters. The molecular weight excluding hydrogens is 467 g/mol. The minimum atomic E-state index is 0. The Morgan fingerprint density at radius 1 is 1.25 bits per heavy atom. The number of para-hydroxylation sites is 2. The molecular formula is C20H33IN6O. The number of nitrogens with one attached hydrogen (secondary N) is 3. The van der Waals surface area contributed by atoms with Gasteiger partial charge in [-0.25, -0.2) is 4.98 Å². The molecule has 2 aromatic rings. The van der Waals surface area contributed by atoms with Gasteiger partial charge in [0.1, 0.15) is 5.82 Å². The number of amides is 1. The van der Waals surface area contributed by atoms with Crippen LogP contribution in [0.3, 0.4) is 0 Å². The van der Waals surface area contributed by atoms with E-state index in [1.165, 1.54) is 5.52 Å². The Balaban J connectivity index is 0.00000392. The summed E-state index contributed by atoms with van der Waals surface area (Å²) in [6.45, 7) is 8.37. The van der Waals surface area contributed by atoms with Crippen LogP contribution in [0.2, 0.25) is 0 Å². The first-order chi connectivity index (χ1) is 13.0. The van der Waals surface area contributed by atoms with E-state index in [-0.39, 0.29) is 35.9 Å². The molecule has 8 heteroatoms. The molecule has 0 radical (unpaired) electrons. The van der Waals surface area contributed by atoms with Crippen molar-refractivity contribution in [2.24, 2.45) is 4.99 Å². The normalized spacial score (nSPS) is 12.4. The average molecular weight is 500 g/mol. The SMILES string of the molecule is CCC(C)NC(=O)CCNC(=NC)NCCCn1c(C)nc2ccccc21.I. The van der Waals surface area contributed by atoms with E-state index in [1.807, 2.05) is 32.0 Å². The molecule has 0 spiro atoms. The van der Waals surface area contributed by atoms with Crippen LogP contribution in [0.1, 0.15) is 38.9 Å². The lowest BCUT2D eigenvalue weighted by Gasteiger charge is -2.14. The lowest BCUT2D eigenvalue weighted by atomic mass is 10.2. The van der Waals surface area contributed by atoms with E-state index in [0.717, 1.165) is 43.2 Å². The molecule has 1 amide bonds. The average Bonchev–Trinajstić information content (AvgIpc) is 2.98. The molecule has 0 aliphatic heterocycles. The maximum Gasteiger partial charge on any atom is 0.221 e. The van der Waals surface area contributed by atoms with E-state index < -0.39 is 0 Å². The molecule has 1 unspecified atom stereocenters.